The minimum Gasteiger partial charge on any atom is -0.144 e. The van der Waals surface area contributed by atoms with Crippen molar-refractivity contribution in [1.29, 1.82) is 0 Å². The lowest BCUT2D eigenvalue weighted by molar-refractivity contribution is -0.440. The van der Waals surface area contributed by atoms with Gasteiger partial charge in [0.2, 0.25) is 0 Å². The Kier molecular flexibility index (Phi) is 1.83. The largest absolute Gasteiger partial charge is 0.353 e. The Balaban J connectivity index is 3.03. The molecule has 42 valence electrons. The van der Waals surface area contributed by atoms with Crippen LogP contribution >= 0.6 is 22.9 Å². The first-order chi connectivity index (χ1) is 3.79. The third kappa shape index (κ3) is 1.43. The zero-order chi connectivity index (χ0) is 5.98. The van der Waals surface area contributed by atoms with E-state index in [0.717, 1.165) is 0 Å². The third-order valence-corrected chi connectivity index (χ3v) is 1.60. The molecule has 0 aliphatic heterocycles. The van der Waals surface area contributed by atoms with Gasteiger partial charge in [-0.3, -0.25) is 0 Å². The van der Waals surface area contributed by atoms with Gasteiger partial charge in [0, 0.05) is 12.1 Å². The van der Waals surface area contributed by atoms with Gasteiger partial charge in [-0.2, -0.15) is 0 Å². The van der Waals surface area contributed by atoms with Crippen molar-refractivity contribution in [3.05, 3.63) is 30.1 Å². The highest BCUT2D eigenvalue weighted by Crippen LogP contribution is 1.90. The first kappa shape index (κ1) is 6.01. The second-order valence-electron chi connectivity index (χ2n) is 1.72. The topological polar surface area (TPSA) is 3.88 Å². The van der Waals surface area contributed by atoms with Gasteiger partial charge in [-0.15, -0.1) is 2.78 Å². The van der Waals surface area contributed by atoms with E-state index in [1.54, 1.807) is 0 Å². The van der Waals surface area contributed by atoms with E-state index in [0.29, 0.717) is 0 Å². The summed E-state index contributed by atoms with van der Waals surface area (Å²) in [6.45, 7) is 2.08. The van der Waals surface area contributed by atoms with Crippen LogP contribution in [0.3, 0.4) is 0 Å². The van der Waals surface area contributed by atoms with E-state index >= 15 is 0 Å². The van der Waals surface area contributed by atoms with Crippen molar-refractivity contribution in [2.45, 2.75) is 6.92 Å². The van der Waals surface area contributed by atoms with Gasteiger partial charge < -0.3 is 0 Å². The highest BCUT2D eigenvalue weighted by molar-refractivity contribution is 14.1. The van der Waals surface area contributed by atoms with Crippen LogP contribution in [0.2, 0.25) is 0 Å². The molecule has 1 nitrogen and oxygen atoms in total. The quantitative estimate of drug-likeness (QED) is 0.583. The van der Waals surface area contributed by atoms with Crippen LogP contribution in [-0.4, -0.2) is 0 Å². The Hall–Kier alpha value is -0.120. The van der Waals surface area contributed by atoms with Gasteiger partial charge >= 0.3 is 22.9 Å². The minimum absolute atomic E-state index is 1.30. The molecule has 0 N–H and O–H groups in total. The highest BCUT2D eigenvalue weighted by Gasteiger charge is 1.88. The van der Waals surface area contributed by atoms with Crippen LogP contribution < -0.4 is 2.78 Å². The zero-order valence-electron chi connectivity index (χ0n) is 4.63. The molecule has 0 aliphatic carbocycles. The van der Waals surface area contributed by atoms with E-state index in [2.05, 4.69) is 41.9 Å². The molecule has 0 atom stereocenters. The van der Waals surface area contributed by atoms with E-state index in [9.17, 15) is 0 Å². The number of aromatic nitrogens is 1. The molecule has 0 aliphatic rings. The molecule has 1 aromatic heterocycles. The van der Waals surface area contributed by atoms with Crippen molar-refractivity contribution in [2.75, 3.05) is 0 Å². The first-order valence-corrected chi connectivity index (χ1v) is 3.39. The lowest BCUT2D eigenvalue weighted by Gasteiger charge is -1.82. The van der Waals surface area contributed by atoms with E-state index in [4.69, 9.17) is 0 Å². The Bertz CT molecular complexity index is 147. The minimum atomic E-state index is 1.30. The molecule has 0 aromatic carbocycles. The van der Waals surface area contributed by atoms with Gasteiger partial charge in [-0.1, -0.05) is 0 Å². The first-order valence-electron chi connectivity index (χ1n) is 2.43. The predicted molar refractivity (Wildman–Crippen MR) is 40.8 cm³/mol. The van der Waals surface area contributed by atoms with E-state index in [-0.39, 0.29) is 0 Å². The fraction of sp³-hybridized carbons (Fsp3) is 0.167. The third-order valence-electron chi connectivity index (χ3n) is 0.960. The SMILES string of the molecule is Cc1cc[n+](I)cc1. The maximum absolute atomic E-state index is 2.21. The molecule has 0 amide bonds. The molecule has 0 radical (unpaired) electrons. The van der Waals surface area contributed by atoms with Crippen molar-refractivity contribution in [2.24, 2.45) is 0 Å². The monoisotopic (exact) mass is 220 g/mol. The second kappa shape index (κ2) is 2.44. The molecule has 0 saturated heterocycles. The Morgan fingerprint density at radius 1 is 1.38 bits per heavy atom. The number of halogens is 1. The average Bonchev–Trinajstić information content (AvgIpc) is 1.77. The van der Waals surface area contributed by atoms with Crippen LogP contribution in [-0.2, 0) is 0 Å². The van der Waals surface area contributed by atoms with Gasteiger partial charge in [0.05, 0.1) is 0 Å². The standard InChI is InChI=1S/C6H7IN/c1-6-2-4-8(7)5-3-6/h2-5H,1H3/q+1. The molecule has 8 heavy (non-hydrogen) atoms. The molecule has 0 unspecified atom stereocenters. The maximum Gasteiger partial charge on any atom is 0.353 e. The molecule has 2 heteroatoms. The molecule has 1 rings (SSSR count). The molecule has 0 saturated carbocycles. The lowest BCUT2D eigenvalue weighted by Crippen LogP contribution is -2.15. The molecule has 1 aromatic rings. The van der Waals surface area contributed by atoms with Gasteiger partial charge in [-0.05, 0) is 12.5 Å². The maximum atomic E-state index is 2.21. The fourth-order valence-corrected chi connectivity index (χ4v) is 0.804. The summed E-state index contributed by atoms with van der Waals surface area (Å²) in [7, 11) is 0. The number of aryl methyl sites for hydroxylation is 1. The number of nitrogens with zero attached hydrogens (tertiary/aromatic N) is 1. The Morgan fingerprint density at radius 2 is 1.88 bits per heavy atom. The summed E-state index contributed by atoms with van der Waals surface area (Å²) < 4.78 is 1.99. The Morgan fingerprint density at radius 3 is 2.25 bits per heavy atom. The van der Waals surface area contributed by atoms with Crippen molar-refractivity contribution in [3.63, 3.8) is 0 Å². The molecular weight excluding hydrogens is 213 g/mol. The molecular formula is C6H7IN+. The van der Waals surface area contributed by atoms with Crippen LogP contribution in [0, 0.1) is 6.92 Å². The van der Waals surface area contributed by atoms with E-state index in [1.807, 2.05) is 15.2 Å². The predicted octanol–water partition coefficient (Wildman–Crippen LogP) is 1.48. The summed E-state index contributed by atoms with van der Waals surface area (Å²) in [5.74, 6) is 0. The summed E-state index contributed by atoms with van der Waals surface area (Å²) in [6.07, 6.45) is 4.05. The number of rotatable bonds is 0. The summed E-state index contributed by atoms with van der Waals surface area (Å²) >= 11 is 2.21. The van der Waals surface area contributed by atoms with Crippen LogP contribution in [0.1, 0.15) is 5.56 Å². The number of pyridine rings is 1. The second-order valence-corrected chi connectivity index (χ2v) is 2.83. The summed E-state index contributed by atoms with van der Waals surface area (Å²) in [5.41, 5.74) is 1.30. The summed E-state index contributed by atoms with van der Waals surface area (Å²) in [5, 5.41) is 0. The van der Waals surface area contributed by atoms with E-state index < -0.39 is 0 Å². The van der Waals surface area contributed by atoms with Gasteiger partial charge in [-0.25, -0.2) is 0 Å². The fourth-order valence-electron chi connectivity index (χ4n) is 0.483. The van der Waals surface area contributed by atoms with Crippen LogP contribution in [0.5, 0.6) is 0 Å². The number of hydrogen-bond acceptors (Lipinski definition) is 0. The molecule has 1 heterocycles. The van der Waals surface area contributed by atoms with Crippen molar-refractivity contribution in [1.82, 2.24) is 0 Å². The van der Waals surface area contributed by atoms with Crippen molar-refractivity contribution < 1.29 is 2.78 Å². The smallest absolute Gasteiger partial charge is 0.144 e. The van der Waals surface area contributed by atoms with Gasteiger partial charge in [0.25, 0.3) is 0 Å². The van der Waals surface area contributed by atoms with Crippen LogP contribution in [0.4, 0.5) is 0 Å². The molecule has 0 bridgehead atoms. The summed E-state index contributed by atoms with van der Waals surface area (Å²) in [4.78, 5) is 0. The summed E-state index contributed by atoms with van der Waals surface area (Å²) in [6, 6.07) is 4.15. The van der Waals surface area contributed by atoms with Crippen molar-refractivity contribution >= 4 is 22.9 Å². The van der Waals surface area contributed by atoms with E-state index in [1.165, 1.54) is 5.56 Å². The molecule has 0 spiro atoms. The lowest BCUT2D eigenvalue weighted by atomic mass is 10.3. The Labute approximate surface area is 62.8 Å². The normalized spacial score (nSPS) is 9.25. The van der Waals surface area contributed by atoms with Crippen molar-refractivity contribution in [3.8, 4) is 0 Å². The van der Waals surface area contributed by atoms with Crippen LogP contribution in [0.15, 0.2) is 24.5 Å². The average molecular weight is 220 g/mol. The van der Waals surface area contributed by atoms with Crippen LogP contribution in [0.25, 0.3) is 0 Å². The van der Waals surface area contributed by atoms with Gasteiger partial charge in [0.15, 0.2) is 12.4 Å². The highest BCUT2D eigenvalue weighted by atomic mass is 127. The molecule has 0 fully saturated rings. The van der Waals surface area contributed by atoms with Gasteiger partial charge in [0.1, 0.15) is 0 Å². The number of hydrogen-bond donors (Lipinski definition) is 0. The zero-order valence-corrected chi connectivity index (χ0v) is 6.79.